The normalized spacial score (nSPS) is 23.0. The van der Waals surface area contributed by atoms with E-state index in [1.165, 1.54) is 6.07 Å². The van der Waals surface area contributed by atoms with Crippen LogP contribution in [0.5, 0.6) is 0 Å². The molecule has 1 fully saturated rings. The number of hydrogen-bond acceptors (Lipinski definition) is 3. The number of halogens is 2. The Morgan fingerprint density at radius 2 is 2.39 bits per heavy atom. The lowest BCUT2D eigenvalue weighted by molar-refractivity contribution is -0.0397. The van der Waals surface area contributed by atoms with Gasteiger partial charge in [0, 0.05) is 23.7 Å². The van der Waals surface area contributed by atoms with Crippen LogP contribution in [0.1, 0.15) is 18.5 Å². The van der Waals surface area contributed by atoms with Crippen LogP contribution in [-0.4, -0.2) is 37.2 Å². The maximum absolute atomic E-state index is 13.8. The summed E-state index contributed by atoms with van der Waals surface area (Å²) < 4.78 is 19.4. The zero-order valence-corrected chi connectivity index (χ0v) is 11.2. The Labute approximate surface area is 112 Å². The van der Waals surface area contributed by atoms with Crippen molar-refractivity contribution < 1.29 is 9.13 Å². The van der Waals surface area contributed by atoms with Crippen LogP contribution < -0.4 is 5.73 Å². The van der Waals surface area contributed by atoms with Crippen LogP contribution in [0, 0.1) is 5.82 Å². The quantitative estimate of drug-likeness (QED) is 0.917. The van der Waals surface area contributed by atoms with E-state index in [1.54, 1.807) is 12.1 Å². The third kappa shape index (κ3) is 3.01. The molecule has 0 aliphatic carbocycles. The van der Waals surface area contributed by atoms with Crippen LogP contribution in [0.2, 0.25) is 5.02 Å². The van der Waals surface area contributed by atoms with Gasteiger partial charge in [-0.25, -0.2) is 4.39 Å². The van der Waals surface area contributed by atoms with E-state index in [9.17, 15) is 4.39 Å². The van der Waals surface area contributed by atoms with E-state index in [4.69, 9.17) is 22.1 Å². The smallest absolute Gasteiger partial charge is 0.129 e. The van der Waals surface area contributed by atoms with Crippen LogP contribution in [0.15, 0.2) is 18.2 Å². The molecule has 100 valence electrons. The number of likely N-dealkylation sites (N-methyl/N-ethyl adjacent to an activating group) is 1. The van der Waals surface area contributed by atoms with Crippen molar-refractivity contribution in [3.8, 4) is 0 Å². The first-order chi connectivity index (χ1) is 8.61. The molecule has 2 N–H and O–H groups in total. The van der Waals surface area contributed by atoms with E-state index in [0.29, 0.717) is 17.2 Å². The fourth-order valence-corrected chi connectivity index (χ4v) is 2.37. The first-order valence-corrected chi connectivity index (χ1v) is 6.54. The summed E-state index contributed by atoms with van der Waals surface area (Å²) in [5, 5.41) is 0.378. The molecule has 2 rings (SSSR count). The highest BCUT2D eigenvalue weighted by atomic mass is 35.5. The molecule has 1 aromatic carbocycles. The molecule has 1 aliphatic heterocycles. The lowest BCUT2D eigenvalue weighted by Gasteiger charge is -2.35. The molecule has 18 heavy (non-hydrogen) atoms. The van der Waals surface area contributed by atoms with Gasteiger partial charge in [0.25, 0.3) is 0 Å². The van der Waals surface area contributed by atoms with E-state index in [0.717, 1.165) is 19.6 Å². The van der Waals surface area contributed by atoms with Crippen molar-refractivity contribution >= 4 is 11.6 Å². The molecular formula is C13H18ClFN2O. The minimum absolute atomic E-state index is 0.172. The second-order valence-electron chi connectivity index (χ2n) is 4.49. The van der Waals surface area contributed by atoms with Crippen molar-refractivity contribution in [1.82, 2.24) is 4.90 Å². The van der Waals surface area contributed by atoms with Crippen LogP contribution in [-0.2, 0) is 4.74 Å². The number of ether oxygens (including phenoxy) is 1. The van der Waals surface area contributed by atoms with Gasteiger partial charge in [-0.2, -0.15) is 0 Å². The van der Waals surface area contributed by atoms with E-state index >= 15 is 0 Å². The Morgan fingerprint density at radius 1 is 1.61 bits per heavy atom. The Bertz CT molecular complexity index is 416. The Kier molecular flexibility index (Phi) is 4.56. The van der Waals surface area contributed by atoms with Gasteiger partial charge in [-0.3, -0.25) is 4.90 Å². The molecule has 1 aromatic rings. The maximum Gasteiger partial charge on any atom is 0.129 e. The molecule has 0 radical (unpaired) electrons. The van der Waals surface area contributed by atoms with Gasteiger partial charge in [0.1, 0.15) is 5.82 Å². The summed E-state index contributed by atoms with van der Waals surface area (Å²) in [7, 11) is 0. The summed E-state index contributed by atoms with van der Waals surface area (Å²) in [5.74, 6) is -0.368. The fourth-order valence-electron chi connectivity index (χ4n) is 2.21. The summed E-state index contributed by atoms with van der Waals surface area (Å²) in [5.41, 5.74) is 6.56. The lowest BCUT2D eigenvalue weighted by Crippen LogP contribution is -2.47. The molecule has 0 spiro atoms. The summed E-state index contributed by atoms with van der Waals surface area (Å²) in [6.07, 6.45) is -0.172. The molecule has 3 nitrogen and oxygen atoms in total. The zero-order chi connectivity index (χ0) is 13.1. The molecule has 2 unspecified atom stereocenters. The molecule has 0 aromatic heterocycles. The van der Waals surface area contributed by atoms with Gasteiger partial charge in [0.15, 0.2) is 0 Å². The summed E-state index contributed by atoms with van der Waals surface area (Å²) in [4.78, 5) is 2.25. The number of rotatable bonds is 3. The monoisotopic (exact) mass is 272 g/mol. The highest BCUT2D eigenvalue weighted by Gasteiger charge is 2.27. The minimum atomic E-state index is -0.461. The van der Waals surface area contributed by atoms with Crippen LogP contribution in [0.4, 0.5) is 4.39 Å². The minimum Gasteiger partial charge on any atom is -0.374 e. The van der Waals surface area contributed by atoms with Crippen molar-refractivity contribution in [2.75, 3.05) is 26.2 Å². The average molecular weight is 273 g/mol. The summed E-state index contributed by atoms with van der Waals surface area (Å²) >= 11 is 5.73. The van der Waals surface area contributed by atoms with Gasteiger partial charge in [0.05, 0.1) is 18.8 Å². The van der Waals surface area contributed by atoms with Gasteiger partial charge in [-0.1, -0.05) is 24.6 Å². The van der Waals surface area contributed by atoms with Crippen molar-refractivity contribution in [3.05, 3.63) is 34.6 Å². The van der Waals surface area contributed by atoms with Crippen molar-refractivity contribution in [1.29, 1.82) is 0 Å². The first-order valence-electron chi connectivity index (χ1n) is 6.16. The first kappa shape index (κ1) is 13.7. The Hall–Kier alpha value is -0.680. The topological polar surface area (TPSA) is 38.5 Å². The molecular weight excluding hydrogens is 255 g/mol. The molecule has 0 amide bonds. The predicted octanol–water partition coefficient (Wildman–Crippen LogP) is 2.20. The number of morpholine rings is 1. The molecule has 0 saturated carbocycles. The third-order valence-corrected chi connectivity index (χ3v) is 3.58. The highest BCUT2D eigenvalue weighted by Crippen LogP contribution is 2.24. The van der Waals surface area contributed by atoms with E-state index < -0.39 is 6.04 Å². The number of benzene rings is 1. The molecule has 1 saturated heterocycles. The molecule has 1 aliphatic rings. The van der Waals surface area contributed by atoms with Gasteiger partial charge >= 0.3 is 0 Å². The van der Waals surface area contributed by atoms with Gasteiger partial charge < -0.3 is 10.5 Å². The van der Waals surface area contributed by atoms with E-state index in [1.807, 2.05) is 0 Å². The zero-order valence-electron chi connectivity index (χ0n) is 10.4. The largest absolute Gasteiger partial charge is 0.374 e. The lowest BCUT2D eigenvalue weighted by atomic mass is 10.0. The highest BCUT2D eigenvalue weighted by molar-refractivity contribution is 6.30. The second kappa shape index (κ2) is 5.97. The van der Waals surface area contributed by atoms with Crippen LogP contribution in [0.3, 0.4) is 0 Å². The molecule has 5 heteroatoms. The van der Waals surface area contributed by atoms with Gasteiger partial charge in [-0.15, -0.1) is 0 Å². The van der Waals surface area contributed by atoms with E-state index in [-0.39, 0.29) is 11.9 Å². The van der Waals surface area contributed by atoms with Crippen LogP contribution in [0.25, 0.3) is 0 Å². The average Bonchev–Trinajstić information content (AvgIpc) is 2.38. The third-order valence-electron chi connectivity index (χ3n) is 3.35. The fraction of sp³-hybridized carbons (Fsp3) is 0.538. The summed E-state index contributed by atoms with van der Waals surface area (Å²) in [6, 6.07) is 4.12. The SMILES string of the molecule is CCN1CCOC(C(N)c2ccc(Cl)cc2F)C1. The Balaban J connectivity index is 2.12. The summed E-state index contributed by atoms with van der Waals surface area (Å²) in [6.45, 7) is 5.33. The second-order valence-corrected chi connectivity index (χ2v) is 4.93. The van der Waals surface area contributed by atoms with Crippen molar-refractivity contribution in [2.45, 2.75) is 19.1 Å². The molecule has 0 bridgehead atoms. The van der Waals surface area contributed by atoms with Gasteiger partial charge in [-0.05, 0) is 18.7 Å². The predicted molar refractivity (Wildman–Crippen MR) is 70.2 cm³/mol. The standard InChI is InChI=1S/C13H18ClFN2O/c1-2-17-5-6-18-12(8-17)13(16)10-4-3-9(14)7-11(10)15/h3-4,7,12-13H,2,5-6,8,16H2,1H3. The maximum atomic E-state index is 13.8. The number of nitrogens with two attached hydrogens (primary N) is 1. The van der Waals surface area contributed by atoms with Crippen LogP contribution >= 0.6 is 11.6 Å². The molecule has 2 atom stereocenters. The number of hydrogen-bond donors (Lipinski definition) is 1. The van der Waals surface area contributed by atoms with Gasteiger partial charge in [0.2, 0.25) is 0 Å². The van der Waals surface area contributed by atoms with Crippen molar-refractivity contribution in [2.24, 2.45) is 5.73 Å². The molecule has 1 heterocycles. The Morgan fingerprint density at radius 3 is 3.06 bits per heavy atom. The van der Waals surface area contributed by atoms with E-state index in [2.05, 4.69) is 11.8 Å². The van der Waals surface area contributed by atoms with Crippen molar-refractivity contribution in [3.63, 3.8) is 0 Å². The number of nitrogens with zero attached hydrogens (tertiary/aromatic N) is 1.